The molecular weight excluding hydrogens is 313 g/mol. The lowest BCUT2D eigenvalue weighted by molar-refractivity contribution is -0.130. The molecule has 0 saturated carbocycles. The molecule has 0 N–H and O–H groups in total. The number of thioether (sulfide) groups is 1. The van der Waals surface area contributed by atoms with Crippen LogP contribution < -0.4 is 0 Å². The molecule has 1 heterocycles. The molecule has 2 rings (SSSR count). The molecule has 0 unspecified atom stereocenters. The highest BCUT2D eigenvalue weighted by Gasteiger charge is 2.20. The maximum absolute atomic E-state index is 12.1. The summed E-state index contributed by atoms with van der Waals surface area (Å²) in [6, 6.07) is 5.49. The maximum atomic E-state index is 12.1. The molecule has 1 fully saturated rings. The lowest BCUT2D eigenvalue weighted by atomic mass is 10.0. The van der Waals surface area contributed by atoms with E-state index in [1.807, 2.05) is 23.1 Å². The van der Waals surface area contributed by atoms with Crippen molar-refractivity contribution >= 4 is 40.9 Å². The molecule has 0 aromatic heterocycles. The van der Waals surface area contributed by atoms with Crippen LogP contribution in [0.15, 0.2) is 18.2 Å². The normalized spacial score (nSPS) is 19.1. The van der Waals surface area contributed by atoms with Crippen LogP contribution >= 0.6 is 35.0 Å². The molecule has 110 valence electrons. The van der Waals surface area contributed by atoms with Crippen molar-refractivity contribution in [3.05, 3.63) is 33.8 Å². The molecule has 0 spiro atoms. The van der Waals surface area contributed by atoms with Crippen LogP contribution in [0.4, 0.5) is 0 Å². The number of carbonyl (C=O) groups is 1. The molecule has 0 radical (unpaired) electrons. The third-order valence-electron chi connectivity index (χ3n) is 3.54. The lowest BCUT2D eigenvalue weighted by Crippen LogP contribution is -2.40. The molecule has 1 aromatic carbocycles. The smallest absolute Gasteiger partial charge is 0.232 e. The monoisotopic (exact) mass is 331 g/mol. The Labute approximate surface area is 134 Å². The minimum absolute atomic E-state index is 0.227. The van der Waals surface area contributed by atoms with Crippen LogP contribution in [0.5, 0.6) is 0 Å². The Morgan fingerprint density at radius 3 is 2.75 bits per heavy atom. The van der Waals surface area contributed by atoms with E-state index in [-0.39, 0.29) is 5.91 Å². The fraction of sp³-hybridized carbons (Fsp3) is 0.533. The highest BCUT2D eigenvalue weighted by Crippen LogP contribution is 2.28. The standard InChI is InChI=1S/C15H19Cl2NOS/c1-11-4-3-7-18(8-11)15(19)10-20-9-12-13(16)5-2-6-14(12)17/h2,5-6,11H,3-4,7-10H2,1H3/t11-/m1/s1. The Hall–Kier alpha value is -0.380. The second-order valence-electron chi connectivity index (χ2n) is 5.28. The van der Waals surface area contributed by atoms with Crippen LogP contribution in [0.25, 0.3) is 0 Å². The van der Waals surface area contributed by atoms with Crippen LogP contribution in [0.3, 0.4) is 0 Å². The van der Waals surface area contributed by atoms with Crippen molar-refractivity contribution in [1.29, 1.82) is 0 Å². The number of hydrogen-bond donors (Lipinski definition) is 0. The van der Waals surface area contributed by atoms with Gasteiger partial charge < -0.3 is 4.90 Å². The SMILES string of the molecule is C[C@@H]1CCCN(C(=O)CSCc2c(Cl)cccc2Cl)C1. The van der Waals surface area contributed by atoms with Gasteiger partial charge in [0, 0.05) is 28.9 Å². The van der Waals surface area contributed by atoms with E-state index in [0.29, 0.717) is 27.5 Å². The van der Waals surface area contributed by atoms with E-state index in [2.05, 4.69) is 6.92 Å². The molecule has 1 amide bonds. The van der Waals surface area contributed by atoms with Gasteiger partial charge in [0.25, 0.3) is 0 Å². The van der Waals surface area contributed by atoms with Gasteiger partial charge in [-0.15, -0.1) is 11.8 Å². The minimum Gasteiger partial charge on any atom is -0.342 e. The number of likely N-dealkylation sites (tertiary alicyclic amines) is 1. The summed E-state index contributed by atoms with van der Waals surface area (Å²) in [5.74, 6) is 2.02. The summed E-state index contributed by atoms with van der Waals surface area (Å²) < 4.78 is 0. The molecule has 0 aliphatic carbocycles. The summed E-state index contributed by atoms with van der Waals surface area (Å²) in [6.45, 7) is 4.00. The van der Waals surface area contributed by atoms with E-state index in [4.69, 9.17) is 23.2 Å². The zero-order valence-electron chi connectivity index (χ0n) is 11.6. The van der Waals surface area contributed by atoms with Crippen molar-refractivity contribution in [2.45, 2.75) is 25.5 Å². The number of rotatable bonds is 4. The molecule has 1 aliphatic heterocycles. The third kappa shape index (κ3) is 4.31. The Morgan fingerprint density at radius 1 is 1.40 bits per heavy atom. The number of halogens is 2. The van der Waals surface area contributed by atoms with Gasteiger partial charge in [-0.1, -0.05) is 36.2 Å². The number of hydrogen-bond acceptors (Lipinski definition) is 2. The topological polar surface area (TPSA) is 20.3 Å². The third-order valence-corrected chi connectivity index (χ3v) is 5.20. The largest absolute Gasteiger partial charge is 0.342 e. The maximum Gasteiger partial charge on any atom is 0.232 e. The van der Waals surface area contributed by atoms with Gasteiger partial charge in [-0.25, -0.2) is 0 Å². The van der Waals surface area contributed by atoms with Crippen LogP contribution in [-0.4, -0.2) is 29.6 Å². The van der Waals surface area contributed by atoms with Gasteiger partial charge in [-0.05, 0) is 36.5 Å². The van der Waals surface area contributed by atoms with Crippen molar-refractivity contribution in [2.75, 3.05) is 18.8 Å². The summed E-state index contributed by atoms with van der Waals surface area (Å²) in [5, 5.41) is 1.34. The second-order valence-corrected chi connectivity index (χ2v) is 7.08. The van der Waals surface area contributed by atoms with Crippen LogP contribution in [0, 0.1) is 5.92 Å². The van der Waals surface area contributed by atoms with Gasteiger partial charge in [0.2, 0.25) is 5.91 Å². The van der Waals surface area contributed by atoms with Gasteiger partial charge in [0.05, 0.1) is 5.75 Å². The van der Waals surface area contributed by atoms with E-state index in [1.54, 1.807) is 11.8 Å². The van der Waals surface area contributed by atoms with Crippen molar-refractivity contribution in [2.24, 2.45) is 5.92 Å². The predicted octanol–water partition coefficient (Wildman–Crippen LogP) is 4.49. The van der Waals surface area contributed by atoms with Gasteiger partial charge in [-0.2, -0.15) is 0 Å². The van der Waals surface area contributed by atoms with Crippen molar-refractivity contribution in [1.82, 2.24) is 4.90 Å². The first-order chi connectivity index (χ1) is 9.58. The van der Waals surface area contributed by atoms with E-state index in [0.717, 1.165) is 25.1 Å². The zero-order valence-corrected chi connectivity index (χ0v) is 13.9. The lowest BCUT2D eigenvalue weighted by Gasteiger charge is -2.30. The number of amides is 1. The fourth-order valence-electron chi connectivity index (χ4n) is 2.42. The molecule has 1 aliphatic rings. The summed E-state index contributed by atoms with van der Waals surface area (Å²) >= 11 is 13.8. The highest BCUT2D eigenvalue weighted by atomic mass is 35.5. The van der Waals surface area contributed by atoms with Crippen LogP contribution in [0.2, 0.25) is 10.0 Å². The van der Waals surface area contributed by atoms with E-state index in [1.165, 1.54) is 6.42 Å². The number of piperidine rings is 1. The summed E-state index contributed by atoms with van der Waals surface area (Å²) in [7, 11) is 0. The zero-order chi connectivity index (χ0) is 14.5. The highest BCUT2D eigenvalue weighted by molar-refractivity contribution is 7.99. The Balaban J connectivity index is 1.82. The molecule has 0 bridgehead atoms. The Kier molecular flexibility index (Phi) is 6.06. The fourth-order valence-corrected chi connectivity index (χ4v) is 4.08. The van der Waals surface area contributed by atoms with E-state index < -0.39 is 0 Å². The van der Waals surface area contributed by atoms with Crippen molar-refractivity contribution in [3.63, 3.8) is 0 Å². The first-order valence-corrected chi connectivity index (χ1v) is 8.77. The Bertz CT molecular complexity index is 461. The average molecular weight is 332 g/mol. The van der Waals surface area contributed by atoms with Crippen molar-refractivity contribution < 1.29 is 4.79 Å². The molecule has 2 nitrogen and oxygen atoms in total. The predicted molar refractivity (Wildman–Crippen MR) is 87.6 cm³/mol. The summed E-state index contributed by atoms with van der Waals surface area (Å²) in [4.78, 5) is 14.1. The average Bonchev–Trinajstić information content (AvgIpc) is 2.42. The molecule has 1 atom stereocenters. The van der Waals surface area contributed by atoms with E-state index in [9.17, 15) is 4.79 Å². The van der Waals surface area contributed by atoms with Crippen molar-refractivity contribution in [3.8, 4) is 0 Å². The Morgan fingerprint density at radius 2 is 2.10 bits per heavy atom. The van der Waals surface area contributed by atoms with Gasteiger partial charge >= 0.3 is 0 Å². The molecule has 20 heavy (non-hydrogen) atoms. The molecule has 1 aromatic rings. The first kappa shape index (κ1) is 16.0. The van der Waals surface area contributed by atoms with E-state index >= 15 is 0 Å². The van der Waals surface area contributed by atoms with Crippen LogP contribution in [0.1, 0.15) is 25.3 Å². The molecule has 5 heteroatoms. The minimum atomic E-state index is 0.227. The summed E-state index contributed by atoms with van der Waals surface area (Å²) in [5.41, 5.74) is 0.917. The van der Waals surface area contributed by atoms with Gasteiger partial charge in [-0.3, -0.25) is 4.79 Å². The second kappa shape index (κ2) is 7.58. The molecular formula is C15H19Cl2NOS. The number of nitrogens with zero attached hydrogens (tertiary/aromatic N) is 1. The van der Waals surface area contributed by atoms with Gasteiger partial charge in [0.1, 0.15) is 0 Å². The molecule has 1 saturated heterocycles. The quantitative estimate of drug-likeness (QED) is 0.810. The number of carbonyl (C=O) groups excluding carboxylic acids is 1. The first-order valence-electron chi connectivity index (χ1n) is 6.86. The van der Waals surface area contributed by atoms with Gasteiger partial charge in [0.15, 0.2) is 0 Å². The number of benzene rings is 1. The summed E-state index contributed by atoms with van der Waals surface area (Å²) in [6.07, 6.45) is 2.35. The van der Waals surface area contributed by atoms with Crippen LogP contribution in [-0.2, 0) is 10.5 Å².